The maximum absolute atomic E-state index is 13.0. The molecule has 0 aromatic heterocycles. The minimum absolute atomic E-state index is 0.0652. The molecule has 1 heterocycles. The van der Waals surface area contributed by atoms with E-state index in [2.05, 4.69) is 5.32 Å². The van der Waals surface area contributed by atoms with Gasteiger partial charge in [-0.1, -0.05) is 52.5 Å². The van der Waals surface area contributed by atoms with Crippen LogP contribution in [0.4, 0.5) is 10.5 Å². The van der Waals surface area contributed by atoms with Gasteiger partial charge < -0.3 is 10.1 Å². The lowest BCUT2D eigenvalue weighted by molar-refractivity contribution is -0.123. The molecule has 1 saturated heterocycles. The fourth-order valence-corrected chi connectivity index (χ4v) is 4.91. The average molecular weight is 582 g/mol. The Morgan fingerprint density at radius 1 is 0.944 bits per heavy atom. The third-order valence-corrected chi connectivity index (χ3v) is 7.10. The number of ether oxygens (including phenoxy) is 1. The van der Waals surface area contributed by atoms with Crippen molar-refractivity contribution in [2.24, 2.45) is 0 Å². The van der Waals surface area contributed by atoms with Gasteiger partial charge in [0.05, 0.1) is 11.4 Å². The maximum Gasteiger partial charge on any atom is 0.293 e. The first-order valence-corrected chi connectivity index (χ1v) is 12.7. The van der Waals surface area contributed by atoms with Gasteiger partial charge in [0.25, 0.3) is 17.1 Å². The molecule has 6 nitrogen and oxygen atoms in total. The largest absolute Gasteiger partial charge is 0.483 e. The molecule has 1 aliphatic heterocycles. The summed E-state index contributed by atoms with van der Waals surface area (Å²) in [6, 6.07) is 16.3. The normalized spacial score (nSPS) is 14.4. The first-order valence-electron chi connectivity index (χ1n) is 10.4. The van der Waals surface area contributed by atoms with Crippen LogP contribution in [0.2, 0.25) is 20.1 Å². The Bertz CT molecular complexity index is 1360. The van der Waals surface area contributed by atoms with E-state index < -0.39 is 17.1 Å². The topological polar surface area (TPSA) is 75.7 Å². The van der Waals surface area contributed by atoms with Crippen molar-refractivity contribution < 1.29 is 19.1 Å². The second kappa shape index (κ2) is 11.6. The van der Waals surface area contributed by atoms with Crippen LogP contribution in [0.25, 0.3) is 6.08 Å². The second-order valence-electron chi connectivity index (χ2n) is 7.49. The Labute approximate surface area is 231 Å². The number of anilines is 1. The van der Waals surface area contributed by atoms with Crippen molar-refractivity contribution in [3.63, 3.8) is 0 Å². The standard InChI is InChI=1S/C25H16Cl4N2O4S/c26-15-4-7-17(8-5-15)30-23(32)13-35-21-9-6-16(27)10-14(21)11-22-24(33)31(25(34)36-22)12-18-19(28)2-1-3-20(18)29/h1-11H,12-13H2,(H,30,32)/b22-11-. The monoisotopic (exact) mass is 580 g/mol. The first-order chi connectivity index (χ1) is 17.2. The molecule has 0 unspecified atom stereocenters. The van der Waals surface area contributed by atoms with E-state index in [-0.39, 0.29) is 18.1 Å². The number of nitrogens with zero attached hydrogens (tertiary/aromatic N) is 1. The number of halogens is 4. The summed E-state index contributed by atoms with van der Waals surface area (Å²) in [7, 11) is 0. The van der Waals surface area contributed by atoms with Crippen LogP contribution in [0.5, 0.6) is 5.75 Å². The molecule has 0 saturated carbocycles. The summed E-state index contributed by atoms with van der Waals surface area (Å²) in [6.07, 6.45) is 1.50. The Kier molecular flexibility index (Phi) is 8.49. The molecule has 3 amide bonds. The molecule has 11 heteroatoms. The summed E-state index contributed by atoms with van der Waals surface area (Å²) in [5.74, 6) is -0.589. The van der Waals surface area contributed by atoms with Crippen LogP contribution in [-0.2, 0) is 16.1 Å². The number of thioether (sulfide) groups is 1. The van der Waals surface area contributed by atoms with E-state index in [1.165, 1.54) is 6.08 Å². The van der Waals surface area contributed by atoms with Gasteiger partial charge in [0.2, 0.25) is 0 Å². The van der Waals surface area contributed by atoms with Crippen molar-refractivity contribution in [2.75, 3.05) is 11.9 Å². The molecule has 0 radical (unpaired) electrons. The lowest BCUT2D eigenvalue weighted by Crippen LogP contribution is -2.27. The van der Waals surface area contributed by atoms with Crippen molar-refractivity contribution >= 4 is 87.0 Å². The summed E-state index contributed by atoms with van der Waals surface area (Å²) >= 11 is 25.2. The lowest BCUT2D eigenvalue weighted by atomic mass is 10.1. The molecule has 0 spiro atoms. The summed E-state index contributed by atoms with van der Waals surface area (Å²) in [5, 5.41) is 3.88. The number of amides is 3. The Morgan fingerprint density at radius 2 is 1.61 bits per heavy atom. The van der Waals surface area contributed by atoms with Crippen LogP contribution in [0.1, 0.15) is 11.1 Å². The van der Waals surface area contributed by atoms with Gasteiger partial charge in [0, 0.05) is 36.9 Å². The van der Waals surface area contributed by atoms with Gasteiger partial charge in [0.1, 0.15) is 5.75 Å². The van der Waals surface area contributed by atoms with E-state index in [1.54, 1.807) is 60.7 Å². The predicted molar refractivity (Wildman–Crippen MR) is 145 cm³/mol. The van der Waals surface area contributed by atoms with Crippen molar-refractivity contribution in [1.82, 2.24) is 4.90 Å². The van der Waals surface area contributed by atoms with E-state index in [1.807, 2.05) is 0 Å². The molecule has 184 valence electrons. The fraction of sp³-hybridized carbons (Fsp3) is 0.0800. The quantitative estimate of drug-likeness (QED) is 0.291. The number of hydrogen-bond acceptors (Lipinski definition) is 5. The highest BCUT2D eigenvalue weighted by molar-refractivity contribution is 8.18. The van der Waals surface area contributed by atoms with Gasteiger partial charge in [-0.3, -0.25) is 19.3 Å². The first kappa shape index (κ1) is 26.4. The average Bonchev–Trinajstić information content (AvgIpc) is 3.09. The van der Waals surface area contributed by atoms with Crippen LogP contribution in [0, 0.1) is 0 Å². The summed E-state index contributed by atoms with van der Waals surface area (Å²) < 4.78 is 5.68. The Hall–Kier alpha value is -2.68. The smallest absolute Gasteiger partial charge is 0.293 e. The molecule has 0 bridgehead atoms. The van der Waals surface area contributed by atoms with E-state index >= 15 is 0 Å². The van der Waals surface area contributed by atoms with Gasteiger partial charge in [-0.2, -0.15) is 0 Å². The Balaban J connectivity index is 1.49. The van der Waals surface area contributed by atoms with Gasteiger partial charge >= 0.3 is 0 Å². The van der Waals surface area contributed by atoms with Crippen molar-refractivity contribution in [3.05, 3.63) is 96.8 Å². The van der Waals surface area contributed by atoms with E-state index in [9.17, 15) is 14.4 Å². The maximum atomic E-state index is 13.0. The van der Waals surface area contributed by atoms with Gasteiger partial charge in [0.15, 0.2) is 6.61 Å². The van der Waals surface area contributed by atoms with E-state index in [4.69, 9.17) is 51.1 Å². The molecular weight excluding hydrogens is 566 g/mol. The lowest BCUT2D eigenvalue weighted by Gasteiger charge is -2.14. The van der Waals surface area contributed by atoms with Crippen LogP contribution in [-0.4, -0.2) is 28.6 Å². The molecule has 36 heavy (non-hydrogen) atoms. The highest BCUT2D eigenvalue weighted by Gasteiger charge is 2.36. The summed E-state index contributed by atoms with van der Waals surface area (Å²) in [4.78, 5) is 39.2. The molecule has 1 fully saturated rings. The zero-order valence-electron chi connectivity index (χ0n) is 18.3. The highest BCUT2D eigenvalue weighted by Crippen LogP contribution is 2.37. The highest BCUT2D eigenvalue weighted by atomic mass is 35.5. The van der Waals surface area contributed by atoms with Crippen LogP contribution in [0.15, 0.2) is 65.6 Å². The summed E-state index contributed by atoms with van der Waals surface area (Å²) in [5.41, 5.74) is 1.47. The molecular formula is C25H16Cl4N2O4S. The van der Waals surface area contributed by atoms with Crippen molar-refractivity contribution in [2.45, 2.75) is 6.54 Å². The second-order valence-corrected chi connectivity index (χ2v) is 10.2. The third-order valence-electron chi connectivity index (χ3n) is 5.00. The number of hydrogen-bond donors (Lipinski definition) is 1. The number of nitrogens with one attached hydrogen (secondary N) is 1. The van der Waals surface area contributed by atoms with Gasteiger partial charge in [-0.15, -0.1) is 0 Å². The summed E-state index contributed by atoms with van der Waals surface area (Å²) in [6.45, 7) is -0.359. The molecule has 1 N–H and O–H groups in total. The molecule has 0 atom stereocenters. The SMILES string of the molecule is O=C(COc1ccc(Cl)cc1/C=C1\SC(=O)N(Cc2c(Cl)cccc2Cl)C1=O)Nc1ccc(Cl)cc1. The predicted octanol–water partition coefficient (Wildman–Crippen LogP) is 7.55. The Morgan fingerprint density at radius 3 is 2.31 bits per heavy atom. The van der Waals surface area contributed by atoms with E-state index in [0.29, 0.717) is 42.7 Å². The fourth-order valence-electron chi connectivity index (χ4n) is 3.26. The minimum Gasteiger partial charge on any atom is -0.483 e. The zero-order chi connectivity index (χ0) is 25.8. The van der Waals surface area contributed by atoms with Crippen LogP contribution in [0.3, 0.4) is 0 Å². The minimum atomic E-state index is -0.507. The van der Waals surface area contributed by atoms with Crippen molar-refractivity contribution in [1.29, 1.82) is 0 Å². The van der Waals surface area contributed by atoms with Gasteiger partial charge in [-0.25, -0.2) is 0 Å². The number of rotatable bonds is 7. The number of carbonyl (C=O) groups excluding carboxylic acids is 3. The number of benzene rings is 3. The van der Waals surface area contributed by atoms with E-state index in [0.717, 1.165) is 16.7 Å². The van der Waals surface area contributed by atoms with Gasteiger partial charge in [-0.05, 0) is 72.4 Å². The van der Waals surface area contributed by atoms with Crippen LogP contribution < -0.4 is 10.1 Å². The molecule has 4 rings (SSSR count). The number of imide groups is 1. The zero-order valence-corrected chi connectivity index (χ0v) is 22.1. The molecule has 3 aromatic rings. The van der Waals surface area contributed by atoms with Crippen LogP contribution >= 0.6 is 58.2 Å². The third kappa shape index (κ3) is 6.35. The molecule has 1 aliphatic rings. The molecule has 0 aliphatic carbocycles. The number of carbonyl (C=O) groups is 3. The van der Waals surface area contributed by atoms with Crippen molar-refractivity contribution in [3.8, 4) is 5.75 Å². The molecule has 3 aromatic carbocycles.